The van der Waals surface area contributed by atoms with Crippen molar-refractivity contribution in [3.63, 3.8) is 0 Å². The fourth-order valence-corrected chi connectivity index (χ4v) is 2.65. The van der Waals surface area contributed by atoms with E-state index in [0.717, 1.165) is 4.57 Å². The molecular weight excluding hydrogens is 374 g/mol. The van der Waals surface area contributed by atoms with Crippen molar-refractivity contribution in [2.24, 2.45) is 0 Å². The molecule has 1 aliphatic rings. The van der Waals surface area contributed by atoms with Crippen molar-refractivity contribution in [2.45, 2.75) is 45.2 Å². The Bertz CT molecular complexity index is 909. The standard InChI is InChI=1S/C17H21N3O8/c1-5-11-6-20(17(24)19-15(11)18)16-14(27-10(4)23)13(26-9(3)22)12(28-16)7-25-8(2)21/h5-6,12-14,16H,1,7H2,2-4H3,(H2,18,19,24)/t12-,13+,14-,16?/m1/s1/i2D,3D,4D. The number of anilines is 1. The summed E-state index contributed by atoms with van der Waals surface area (Å²) < 4.78 is 43.2. The van der Waals surface area contributed by atoms with E-state index in [1.165, 1.54) is 12.3 Å². The van der Waals surface area contributed by atoms with Crippen LogP contribution >= 0.6 is 0 Å². The molecule has 2 heterocycles. The normalized spacial score (nSPS) is 25.1. The van der Waals surface area contributed by atoms with Gasteiger partial charge in [0, 0.05) is 36.6 Å². The summed E-state index contributed by atoms with van der Waals surface area (Å²) in [6, 6.07) is 0. The van der Waals surface area contributed by atoms with Crippen LogP contribution in [0.5, 0.6) is 0 Å². The van der Waals surface area contributed by atoms with Gasteiger partial charge in [0.15, 0.2) is 18.4 Å². The lowest BCUT2D eigenvalue weighted by Gasteiger charge is -2.24. The number of carbonyl (C=O) groups excluding carboxylic acids is 3. The molecule has 2 rings (SSSR count). The van der Waals surface area contributed by atoms with Gasteiger partial charge >= 0.3 is 23.6 Å². The first-order valence-corrected chi connectivity index (χ1v) is 7.84. The predicted molar refractivity (Wildman–Crippen MR) is 94.7 cm³/mol. The van der Waals surface area contributed by atoms with Crippen LogP contribution in [0.3, 0.4) is 0 Å². The molecule has 0 radical (unpaired) electrons. The van der Waals surface area contributed by atoms with E-state index in [1.54, 1.807) is 0 Å². The minimum Gasteiger partial charge on any atom is -0.463 e. The van der Waals surface area contributed by atoms with Gasteiger partial charge in [0.2, 0.25) is 0 Å². The zero-order valence-electron chi connectivity index (χ0n) is 17.7. The van der Waals surface area contributed by atoms with Gasteiger partial charge in [0.25, 0.3) is 0 Å². The van der Waals surface area contributed by atoms with Gasteiger partial charge in [-0.1, -0.05) is 12.7 Å². The lowest BCUT2D eigenvalue weighted by Crippen LogP contribution is -2.42. The van der Waals surface area contributed by atoms with Gasteiger partial charge in [-0.25, -0.2) is 4.79 Å². The lowest BCUT2D eigenvalue weighted by molar-refractivity contribution is -0.166. The fraction of sp³-hybridized carbons (Fsp3) is 0.471. The Morgan fingerprint density at radius 1 is 1.29 bits per heavy atom. The van der Waals surface area contributed by atoms with Crippen molar-refractivity contribution >= 4 is 29.8 Å². The summed E-state index contributed by atoms with van der Waals surface area (Å²) >= 11 is 0. The molecular formula is C17H21N3O8. The van der Waals surface area contributed by atoms with Crippen LogP contribution in [0.2, 0.25) is 0 Å². The molecule has 2 N–H and O–H groups in total. The molecule has 11 heteroatoms. The summed E-state index contributed by atoms with van der Waals surface area (Å²) in [5.74, 6) is -2.99. The van der Waals surface area contributed by atoms with Crippen LogP contribution in [0.1, 0.15) is 36.6 Å². The smallest absolute Gasteiger partial charge is 0.351 e. The van der Waals surface area contributed by atoms with Crippen LogP contribution in [0, 0.1) is 0 Å². The Hall–Kier alpha value is -3.21. The average Bonchev–Trinajstić information content (AvgIpc) is 3.08. The number of carbonyl (C=O) groups is 3. The Kier molecular flexibility index (Phi) is 5.23. The number of nitrogen functional groups attached to an aromatic ring is 1. The lowest BCUT2D eigenvalue weighted by atomic mass is 10.1. The minimum atomic E-state index is -1.44. The summed E-state index contributed by atoms with van der Waals surface area (Å²) in [6.07, 6.45) is -2.86. The largest absolute Gasteiger partial charge is 0.463 e. The van der Waals surface area contributed by atoms with Gasteiger partial charge in [-0.05, 0) is 0 Å². The summed E-state index contributed by atoms with van der Waals surface area (Å²) in [7, 11) is 0. The molecule has 1 aromatic heterocycles. The minimum absolute atomic E-state index is 0.105. The van der Waals surface area contributed by atoms with Crippen LogP contribution < -0.4 is 11.4 Å². The van der Waals surface area contributed by atoms with Gasteiger partial charge in [-0.2, -0.15) is 4.98 Å². The third-order valence-corrected chi connectivity index (χ3v) is 3.73. The summed E-state index contributed by atoms with van der Waals surface area (Å²) in [4.78, 5) is 51.1. The summed E-state index contributed by atoms with van der Waals surface area (Å²) in [6.45, 7) is 0.859. The van der Waals surface area contributed by atoms with E-state index in [4.69, 9.17) is 28.8 Å². The maximum atomic E-state index is 12.4. The summed E-state index contributed by atoms with van der Waals surface area (Å²) in [5.41, 5.74) is 5.04. The molecule has 0 bridgehead atoms. The van der Waals surface area contributed by atoms with Crippen molar-refractivity contribution in [3.8, 4) is 0 Å². The van der Waals surface area contributed by atoms with Crippen LogP contribution in [0.15, 0.2) is 17.6 Å². The highest BCUT2D eigenvalue weighted by atomic mass is 16.7. The molecule has 0 amide bonds. The van der Waals surface area contributed by atoms with Gasteiger partial charge in [0.05, 0.1) is 0 Å². The maximum Gasteiger partial charge on any atom is 0.351 e. The second kappa shape index (κ2) is 8.65. The van der Waals surface area contributed by atoms with E-state index < -0.39 is 75.4 Å². The van der Waals surface area contributed by atoms with Gasteiger partial charge < -0.3 is 24.7 Å². The van der Waals surface area contributed by atoms with Crippen LogP contribution in [-0.4, -0.2) is 52.4 Å². The molecule has 0 saturated carbocycles. The Morgan fingerprint density at radius 2 is 1.93 bits per heavy atom. The quantitative estimate of drug-likeness (QED) is 0.504. The third kappa shape index (κ3) is 4.74. The Labute approximate surface area is 164 Å². The van der Waals surface area contributed by atoms with E-state index in [2.05, 4.69) is 11.6 Å². The van der Waals surface area contributed by atoms with Gasteiger partial charge in [0.1, 0.15) is 18.5 Å². The molecule has 11 nitrogen and oxygen atoms in total. The van der Waals surface area contributed by atoms with Gasteiger partial charge in [-0.15, -0.1) is 0 Å². The number of aromatic nitrogens is 2. The molecule has 1 saturated heterocycles. The van der Waals surface area contributed by atoms with E-state index in [9.17, 15) is 19.2 Å². The SMILES string of the molecule is [2H]CC(=O)OC[C@H]1OC(n2cc(C=C)c(N)nc2=O)[C@H](OC(=O)C[2H])[C@H]1OC(=O)C[2H]. The van der Waals surface area contributed by atoms with Crippen LogP contribution in [0.4, 0.5) is 5.82 Å². The number of hydrogen-bond acceptors (Lipinski definition) is 10. The third-order valence-electron chi connectivity index (χ3n) is 3.73. The van der Waals surface area contributed by atoms with Crippen molar-refractivity contribution in [2.75, 3.05) is 12.3 Å². The van der Waals surface area contributed by atoms with Crippen LogP contribution in [-0.2, 0) is 33.3 Å². The highest BCUT2D eigenvalue weighted by Gasteiger charge is 2.51. The maximum absolute atomic E-state index is 12.4. The highest BCUT2D eigenvalue weighted by molar-refractivity contribution is 5.68. The topological polar surface area (TPSA) is 149 Å². The fourth-order valence-electron chi connectivity index (χ4n) is 2.65. The molecule has 1 fully saturated rings. The van der Waals surface area contributed by atoms with Crippen molar-refractivity contribution in [1.82, 2.24) is 9.55 Å². The molecule has 1 unspecified atom stereocenters. The second-order valence-electron chi connectivity index (χ2n) is 5.63. The second-order valence-corrected chi connectivity index (χ2v) is 5.63. The first kappa shape index (κ1) is 16.9. The van der Waals surface area contributed by atoms with E-state index in [-0.39, 0.29) is 11.4 Å². The van der Waals surface area contributed by atoms with Crippen LogP contribution in [0.25, 0.3) is 6.08 Å². The van der Waals surface area contributed by atoms with Gasteiger partial charge in [-0.3, -0.25) is 19.0 Å². The molecule has 0 spiro atoms. The Balaban J connectivity index is 2.49. The molecule has 4 atom stereocenters. The number of esters is 3. The van der Waals surface area contributed by atoms with Crippen molar-refractivity contribution in [1.29, 1.82) is 0 Å². The van der Waals surface area contributed by atoms with Crippen molar-refractivity contribution < 1.29 is 37.4 Å². The molecule has 152 valence electrons. The zero-order valence-corrected chi connectivity index (χ0v) is 14.7. The molecule has 1 aromatic rings. The average molecular weight is 398 g/mol. The van der Waals surface area contributed by atoms with E-state index in [1.807, 2.05) is 0 Å². The van der Waals surface area contributed by atoms with E-state index in [0.29, 0.717) is 0 Å². The first-order valence-electron chi connectivity index (χ1n) is 9.96. The number of nitrogens with zero attached hydrogens (tertiary/aromatic N) is 2. The summed E-state index contributed by atoms with van der Waals surface area (Å²) in [5, 5.41) is 0. The number of nitrogens with two attached hydrogens (primary N) is 1. The highest BCUT2D eigenvalue weighted by Crippen LogP contribution is 2.34. The number of hydrogen-bond donors (Lipinski definition) is 1. The number of rotatable bonds is 6. The molecule has 1 aliphatic heterocycles. The van der Waals surface area contributed by atoms with Crippen molar-refractivity contribution in [3.05, 3.63) is 28.8 Å². The molecule has 28 heavy (non-hydrogen) atoms. The van der Waals surface area contributed by atoms with E-state index >= 15 is 0 Å². The zero-order chi connectivity index (χ0) is 23.1. The molecule has 0 aliphatic carbocycles. The monoisotopic (exact) mass is 398 g/mol. The molecule has 0 aromatic carbocycles. The Morgan fingerprint density at radius 3 is 2.54 bits per heavy atom. The number of ether oxygens (including phenoxy) is 4. The first-order chi connectivity index (χ1) is 14.7. The predicted octanol–water partition coefficient (Wildman–Crippen LogP) is -0.208.